The van der Waals surface area contributed by atoms with E-state index in [0.29, 0.717) is 6.04 Å². The fraction of sp³-hybridized carbons (Fsp3) is 1.00. The highest BCUT2D eigenvalue weighted by atomic mass is 16.5. The Morgan fingerprint density at radius 1 is 1.42 bits per heavy atom. The Balaban J connectivity index is 1.70. The molecule has 0 heterocycles. The van der Waals surface area contributed by atoms with E-state index in [9.17, 15) is 0 Å². The van der Waals surface area contributed by atoms with E-state index in [2.05, 4.69) is 0 Å². The highest BCUT2D eigenvalue weighted by molar-refractivity contribution is 4.72. The molecule has 72 valence electrons. The molecule has 0 aromatic carbocycles. The van der Waals surface area contributed by atoms with Crippen LogP contribution in [-0.4, -0.2) is 19.3 Å². The van der Waals surface area contributed by atoms with Crippen LogP contribution in [0.2, 0.25) is 0 Å². The van der Waals surface area contributed by atoms with Gasteiger partial charge in [0.15, 0.2) is 0 Å². The lowest BCUT2D eigenvalue weighted by Crippen LogP contribution is -2.15. The Morgan fingerprint density at radius 2 is 2.17 bits per heavy atom. The van der Waals surface area contributed by atoms with Crippen LogP contribution >= 0.6 is 0 Å². The molecule has 2 nitrogen and oxygen atoms in total. The second kappa shape index (κ2) is 5.55. The topological polar surface area (TPSA) is 35.2 Å². The van der Waals surface area contributed by atoms with E-state index >= 15 is 0 Å². The summed E-state index contributed by atoms with van der Waals surface area (Å²) in [6.07, 6.45) is 6.34. The van der Waals surface area contributed by atoms with Gasteiger partial charge in [-0.15, -0.1) is 0 Å². The van der Waals surface area contributed by atoms with Crippen LogP contribution < -0.4 is 5.73 Å². The predicted octanol–water partition coefficient (Wildman–Crippen LogP) is 1.93. The van der Waals surface area contributed by atoms with E-state index in [1.54, 1.807) is 0 Å². The Labute approximate surface area is 75.5 Å². The molecule has 2 heteroatoms. The quantitative estimate of drug-likeness (QED) is 0.594. The van der Waals surface area contributed by atoms with Gasteiger partial charge in [-0.05, 0) is 32.1 Å². The number of rotatable bonds is 7. The maximum absolute atomic E-state index is 5.61. The minimum Gasteiger partial charge on any atom is -0.381 e. The molecule has 1 saturated carbocycles. The zero-order valence-electron chi connectivity index (χ0n) is 8.09. The van der Waals surface area contributed by atoms with Crippen molar-refractivity contribution in [2.75, 3.05) is 13.2 Å². The van der Waals surface area contributed by atoms with Gasteiger partial charge >= 0.3 is 0 Å². The van der Waals surface area contributed by atoms with Crippen LogP contribution in [0, 0.1) is 5.92 Å². The molecule has 1 aliphatic carbocycles. The Morgan fingerprint density at radius 3 is 2.75 bits per heavy atom. The van der Waals surface area contributed by atoms with Crippen LogP contribution in [0.25, 0.3) is 0 Å². The van der Waals surface area contributed by atoms with Crippen LogP contribution in [-0.2, 0) is 4.74 Å². The third kappa shape index (κ3) is 5.56. The standard InChI is InChI=1S/C10H21NO/c1-9(11)3-2-7-12-8-6-10-4-5-10/h9-10H,2-8,11H2,1H3. The van der Waals surface area contributed by atoms with Gasteiger partial charge in [0.2, 0.25) is 0 Å². The van der Waals surface area contributed by atoms with E-state index in [4.69, 9.17) is 10.5 Å². The first kappa shape index (κ1) is 10.0. The van der Waals surface area contributed by atoms with Crippen LogP contribution in [0.3, 0.4) is 0 Å². The molecule has 0 aromatic rings. The van der Waals surface area contributed by atoms with Crippen molar-refractivity contribution in [2.45, 2.75) is 45.1 Å². The molecule has 0 radical (unpaired) electrons. The molecule has 1 unspecified atom stereocenters. The van der Waals surface area contributed by atoms with Crippen molar-refractivity contribution in [3.8, 4) is 0 Å². The first-order valence-corrected chi connectivity index (χ1v) is 5.12. The van der Waals surface area contributed by atoms with Gasteiger partial charge in [-0.25, -0.2) is 0 Å². The second-order valence-electron chi connectivity index (χ2n) is 3.96. The van der Waals surface area contributed by atoms with Crippen molar-refractivity contribution in [1.29, 1.82) is 0 Å². The van der Waals surface area contributed by atoms with Crippen molar-refractivity contribution >= 4 is 0 Å². The Kier molecular flexibility index (Phi) is 4.62. The van der Waals surface area contributed by atoms with Crippen molar-refractivity contribution in [1.82, 2.24) is 0 Å². The lowest BCUT2D eigenvalue weighted by Gasteiger charge is -2.05. The largest absolute Gasteiger partial charge is 0.381 e. The van der Waals surface area contributed by atoms with E-state index in [1.807, 2.05) is 6.92 Å². The molecular formula is C10H21NO. The first-order chi connectivity index (χ1) is 5.79. The first-order valence-electron chi connectivity index (χ1n) is 5.12. The minimum atomic E-state index is 0.331. The summed E-state index contributed by atoms with van der Waals surface area (Å²) >= 11 is 0. The zero-order valence-corrected chi connectivity index (χ0v) is 8.09. The van der Waals surface area contributed by atoms with Gasteiger partial charge in [0, 0.05) is 19.3 Å². The minimum absolute atomic E-state index is 0.331. The SMILES string of the molecule is CC(N)CCCOCCC1CC1. The number of nitrogens with two attached hydrogens (primary N) is 1. The molecule has 12 heavy (non-hydrogen) atoms. The normalized spacial score (nSPS) is 19.5. The fourth-order valence-electron chi connectivity index (χ4n) is 1.27. The summed E-state index contributed by atoms with van der Waals surface area (Å²) in [6.45, 7) is 3.90. The Bertz CT molecular complexity index is 104. The maximum atomic E-state index is 5.61. The summed E-state index contributed by atoms with van der Waals surface area (Å²) in [5, 5.41) is 0. The highest BCUT2D eigenvalue weighted by Gasteiger charge is 2.20. The number of hydrogen-bond donors (Lipinski definition) is 1. The van der Waals surface area contributed by atoms with Crippen molar-refractivity contribution in [3.05, 3.63) is 0 Å². The molecule has 1 aliphatic rings. The van der Waals surface area contributed by atoms with Crippen molar-refractivity contribution < 1.29 is 4.74 Å². The van der Waals surface area contributed by atoms with E-state index in [-0.39, 0.29) is 0 Å². The van der Waals surface area contributed by atoms with Gasteiger partial charge in [0.05, 0.1) is 0 Å². The molecule has 0 aromatic heterocycles. The molecule has 0 amide bonds. The van der Waals surface area contributed by atoms with Gasteiger partial charge in [0.25, 0.3) is 0 Å². The second-order valence-corrected chi connectivity index (χ2v) is 3.96. The third-order valence-corrected chi connectivity index (χ3v) is 2.32. The van der Waals surface area contributed by atoms with Crippen LogP contribution in [0.1, 0.15) is 39.0 Å². The molecule has 0 spiro atoms. The summed E-state index contributed by atoms with van der Waals surface area (Å²) in [7, 11) is 0. The van der Waals surface area contributed by atoms with Crippen molar-refractivity contribution in [2.24, 2.45) is 11.7 Å². The fourth-order valence-corrected chi connectivity index (χ4v) is 1.27. The molecule has 0 bridgehead atoms. The predicted molar refractivity (Wildman–Crippen MR) is 51.0 cm³/mol. The number of ether oxygens (including phenoxy) is 1. The molecule has 1 fully saturated rings. The summed E-state index contributed by atoms with van der Waals surface area (Å²) in [5.74, 6) is 0.999. The third-order valence-electron chi connectivity index (χ3n) is 2.32. The van der Waals surface area contributed by atoms with Gasteiger partial charge < -0.3 is 10.5 Å². The lowest BCUT2D eigenvalue weighted by molar-refractivity contribution is 0.123. The van der Waals surface area contributed by atoms with Crippen molar-refractivity contribution in [3.63, 3.8) is 0 Å². The molecule has 0 aliphatic heterocycles. The lowest BCUT2D eigenvalue weighted by atomic mass is 10.2. The van der Waals surface area contributed by atoms with Gasteiger partial charge in [0.1, 0.15) is 0 Å². The summed E-state index contributed by atoms with van der Waals surface area (Å²) in [6, 6.07) is 0.331. The molecular weight excluding hydrogens is 150 g/mol. The summed E-state index contributed by atoms with van der Waals surface area (Å²) < 4.78 is 5.48. The smallest absolute Gasteiger partial charge is 0.0468 e. The molecule has 0 saturated heterocycles. The highest BCUT2D eigenvalue weighted by Crippen LogP contribution is 2.32. The molecule has 1 atom stereocenters. The summed E-state index contributed by atoms with van der Waals surface area (Å²) in [5.41, 5.74) is 5.61. The Hall–Kier alpha value is -0.0800. The van der Waals surface area contributed by atoms with E-state index in [1.165, 1.54) is 19.3 Å². The average molecular weight is 171 g/mol. The molecule has 1 rings (SSSR count). The zero-order chi connectivity index (χ0) is 8.81. The van der Waals surface area contributed by atoms with E-state index in [0.717, 1.165) is 32.0 Å². The van der Waals surface area contributed by atoms with Crippen LogP contribution in [0.15, 0.2) is 0 Å². The average Bonchev–Trinajstić information content (AvgIpc) is 2.79. The van der Waals surface area contributed by atoms with Gasteiger partial charge in [-0.2, -0.15) is 0 Å². The number of hydrogen-bond acceptors (Lipinski definition) is 2. The van der Waals surface area contributed by atoms with E-state index < -0.39 is 0 Å². The monoisotopic (exact) mass is 171 g/mol. The molecule has 2 N–H and O–H groups in total. The summed E-state index contributed by atoms with van der Waals surface area (Å²) in [4.78, 5) is 0. The van der Waals surface area contributed by atoms with Crippen LogP contribution in [0.5, 0.6) is 0 Å². The maximum Gasteiger partial charge on any atom is 0.0468 e. The van der Waals surface area contributed by atoms with Crippen LogP contribution in [0.4, 0.5) is 0 Å². The van der Waals surface area contributed by atoms with Gasteiger partial charge in [-0.1, -0.05) is 12.8 Å². The van der Waals surface area contributed by atoms with Gasteiger partial charge in [-0.3, -0.25) is 0 Å².